The monoisotopic (exact) mass is 911 g/mol. The van der Waals surface area contributed by atoms with Crippen molar-refractivity contribution in [2.75, 3.05) is 0 Å². The molecule has 0 radical (unpaired) electrons. The van der Waals surface area contributed by atoms with Gasteiger partial charge in [0, 0.05) is 24.2 Å². The lowest BCUT2D eigenvalue weighted by atomic mass is 9.98. The van der Waals surface area contributed by atoms with Gasteiger partial charge in [0.25, 0.3) is 0 Å². The van der Waals surface area contributed by atoms with Crippen LogP contribution in [0.15, 0.2) is 23.8 Å². The highest BCUT2D eigenvalue weighted by atomic mass is 28.4. The molecule has 0 aromatic heterocycles. The summed E-state index contributed by atoms with van der Waals surface area (Å²) in [5, 5.41) is 0. The topological polar surface area (TPSA) is 72.5 Å². The summed E-state index contributed by atoms with van der Waals surface area (Å²) in [6.45, 7) is 31.7. The van der Waals surface area contributed by atoms with Crippen molar-refractivity contribution >= 4 is 39.2 Å². The number of hydrogen-bond acceptors (Lipinski definition) is 7. The van der Waals surface area contributed by atoms with E-state index in [4.69, 9.17) is 27.2 Å². The Morgan fingerprint density at radius 1 is 0.567 bits per heavy atom. The van der Waals surface area contributed by atoms with Gasteiger partial charge in [0.2, 0.25) is 0 Å². The molecule has 0 aromatic carbocycles. The molecule has 0 aromatic rings. The zero-order valence-corrected chi connectivity index (χ0v) is 45.9. The number of ether oxygens (including phenoxy) is 2. The van der Waals surface area contributed by atoms with Crippen molar-refractivity contribution in [2.24, 2.45) is 0 Å². The fourth-order valence-electron chi connectivity index (χ4n) is 8.81. The van der Waals surface area contributed by atoms with Gasteiger partial charge in [-0.25, -0.2) is 4.79 Å². The molecule has 11 heteroatoms. The summed E-state index contributed by atoms with van der Waals surface area (Å²) in [6, 6.07) is 0. The number of rotatable bonds is 35. The average Bonchev–Trinajstić information content (AvgIpc) is 3.72. The summed E-state index contributed by atoms with van der Waals surface area (Å²) in [7, 11) is -7.05. The number of esters is 1. The standard InChI is InChI=1S/C49H98O7Si4/c1-15-16-17-18-19-20-21-22-23-24-25-26-27-28-35-47(55-59(9,10)11)45-37-38-46(52-45)48(56-60(12,13)14)36-31-34-43(53-57(3,4)5)32-29-30-33-44(54-58(6,7)8)40-42-39-41(2)51-49(42)50/h26-27,39,41,43-48H,15-25,28-38,40H2,1-14H3/b27-26-/t41-,43?,44+,45+,46+,47+,48+/m0/s1. The summed E-state index contributed by atoms with van der Waals surface area (Å²) in [6.07, 6.45) is 34.7. The van der Waals surface area contributed by atoms with E-state index in [2.05, 4.69) is 97.6 Å². The van der Waals surface area contributed by atoms with Gasteiger partial charge in [0.1, 0.15) is 6.10 Å². The van der Waals surface area contributed by atoms with Crippen LogP contribution in [0.5, 0.6) is 0 Å². The van der Waals surface area contributed by atoms with Gasteiger partial charge in [-0.3, -0.25) is 0 Å². The second-order valence-corrected chi connectivity index (χ2v) is 40.1. The maximum atomic E-state index is 12.4. The third-order valence-electron chi connectivity index (χ3n) is 11.2. The van der Waals surface area contributed by atoms with Crippen LogP contribution < -0.4 is 0 Å². The van der Waals surface area contributed by atoms with Gasteiger partial charge in [-0.05, 0) is 162 Å². The van der Waals surface area contributed by atoms with Crippen molar-refractivity contribution in [3.05, 3.63) is 23.8 Å². The van der Waals surface area contributed by atoms with E-state index < -0.39 is 33.3 Å². The van der Waals surface area contributed by atoms with E-state index in [1.54, 1.807) is 0 Å². The number of carbonyl (C=O) groups is 1. The maximum Gasteiger partial charge on any atom is 0.334 e. The van der Waals surface area contributed by atoms with Crippen LogP contribution in [0.2, 0.25) is 78.6 Å². The van der Waals surface area contributed by atoms with E-state index in [9.17, 15) is 4.79 Å². The largest absolute Gasteiger partial charge is 0.455 e. The molecule has 0 spiro atoms. The van der Waals surface area contributed by atoms with Gasteiger partial charge in [-0.2, -0.15) is 0 Å². The fourth-order valence-corrected chi connectivity index (χ4v) is 13.6. The summed E-state index contributed by atoms with van der Waals surface area (Å²) in [5.41, 5.74) is 0.777. The van der Waals surface area contributed by atoms with Gasteiger partial charge in [0.15, 0.2) is 33.3 Å². The van der Waals surface area contributed by atoms with Crippen LogP contribution >= 0.6 is 0 Å². The van der Waals surface area contributed by atoms with Crippen molar-refractivity contribution in [1.82, 2.24) is 0 Å². The summed E-state index contributed by atoms with van der Waals surface area (Å²) >= 11 is 0. The van der Waals surface area contributed by atoms with Gasteiger partial charge < -0.3 is 27.2 Å². The Balaban J connectivity index is 1.92. The molecule has 1 fully saturated rings. The molecule has 60 heavy (non-hydrogen) atoms. The van der Waals surface area contributed by atoms with E-state index >= 15 is 0 Å². The highest BCUT2D eigenvalue weighted by Crippen LogP contribution is 2.34. The number of cyclic esters (lactones) is 1. The summed E-state index contributed by atoms with van der Waals surface area (Å²) < 4.78 is 39.6. The third-order valence-corrected chi connectivity index (χ3v) is 15.3. The van der Waals surface area contributed by atoms with Crippen LogP contribution in [0.4, 0.5) is 0 Å². The van der Waals surface area contributed by atoms with Gasteiger partial charge in [-0.1, -0.05) is 89.7 Å². The lowest BCUT2D eigenvalue weighted by Crippen LogP contribution is -2.42. The smallest absolute Gasteiger partial charge is 0.334 e. The highest BCUT2D eigenvalue weighted by molar-refractivity contribution is 6.70. The molecule has 2 heterocycles. The molecule has 1 saturated heterocycles. The molecule has 352 valence electrons. The Morgan fingerprint density at radius 2 is 1.02 bits per heavy atom. The number of allylic oxidation sites excluding steroid dienone is 2. The van der Waals surface area contributed by atoms with Gasteiger partial charge in [-0.15, -0.1) is 0 Å². The summed E-state index contributed by atoms with van der Waals surface area (Å²) in [4.78, 5) is 12.4. The first-order valence-corrected chi connectivity index (χ1v) is 38.6. The third kappa shape index (κ3) is 27.7. The van der Waals surface area contributed by atoms with Crippen LogP contribution in [0.1, 0.15) is 162 Å². The SMILES string of the molecule is CCCCCCCCCCCC/C=C\CC[C@@H](O[Si](C)(C)C)[C@H]1CC[C@H]([C@@H](CCCC(CCCC[C@H](CC2=C[C@H](C)OC2=O)O[Si](C)(C)C)O[Si](C)(C)C)O[Si](C)(C)C)O1. The second kappa shape index (κ2) is 28.5. The van der Waals surface area contributed by atoms with Crippen LogP contribution in [-0.4, -0.2) is 82.0 Å². The summed E-state index contributed by atoms with van der Waals surface area (Å²) in [5.74, 6) is -0.178. The maximum absolute atomic E-state index is 12.4. The van der Waals surface area contributed by atoms with Crippen LogP contribution in [0.25, 0.3) is 0 Å². The van der Waals surface area contributed by atoms with Crippen molar-refractivity contribution in [3.8, 4) is 0 Å². The van der Waals surface area contributed by atoms with E-state index in [-0.39, 0.29) is 48.7 Å². The minimum atomic E-state index is -1.80. The predicted molar refractivity (Wildman–Crippen MR) is 266 cm³/mol. The Kier molecular flexibility index (Phi) is 26.5. The van der Waals surface area contributed by atoms with Crippen molar-refractivity contribution in [2.45, 2.75) is 283 Å². The van der Waals surface area contributed by atoms with E-state index in [0.29, 0.717) is 6.42 Å². The van der Waals surface area contributed by atoms with Crippen LogP contribution in [0, 0.1) is 0 Å². The van der Waals surface area contributed by atoms with E-state index in [0.717, 1.165) is 76.2 Å². The molecule has 2 aliphatic rings. The van der Waals surface area contributed by atoms with Crippen molar-refractivity contribution in [1.29, 1.82) is 0 Å². The zero-order valence-electron chi connectivity index (χ0n) is 41.9. The highest BCUT2D eigenvalue weighted by Gasteiger charge is 2.39. The molecule has 7 nitrogen and oxygen atoms in total. The zero-order chi connectivity index (χ0) is 44.8. The van der Waals surface area contributed by atoms with Crippen molar-refractivity contribution in [3.63, 3.8) is 0 Å². The molecular formula is C49H98O7Si4. The van der Waals surface area contributed by atoms with Gasteiger partial charge >= 0.3 is 5.97 Å². The second-order valence-electron chi connectivity index (χ2n) is 22.3. The molecule has 1 unspecified atom stereocenters. The van der Waals surface area contributed by atoms with Crippen LogP contribution in [-0.2, 0) is 32.0 Å². The molecule has 0 aliphatic carbocycles. The first-order valence-electron chi connectivity index (χ1n) is 25.0. The molecule has 7 atom stereocenters. The molecular weight excluding hydrogens is 813 g/mol. The first kappa shape index (κ1) is 55.7. The molecule has 0 bridgehead atoms. The molecule has 0 amide bonds. The lowest BCUT2D eigenvalue weighted by Gasteiger charge is -2.34. The minimum Gasteiger partial charge on any atom is -0.455 e. The molecule has 0 saturated carbocycles. The molecule has 2 aliphatic heterocycles. The molecule has 2 rings (SSSR count). The Morgan fingerprint density at radius 3 is 1.52 bits per heavy atom. The normalized spacial score (nSPS) is 21.4. The number of hydrogen-bond donors (Lipinski definition) is 0. The van der Waals surface area contributed by atoms with Gasteiger partial charge in [0.05, 0.1) is 24.4 Å². The fraction of sp³-hybridized carbons (Fsp3) is 0.898. The number of carbonyl (C=O) groups excluding carboxylic acids is 1. The predicted octanol–water partition coefficient (Wildman–Crippen LogP) is 15.1. The average molecular weight is 912 g/mol. The lowest BCUT2D eigenvalue weighted by molar-refractivity contribution is -0.139. The van der Waals surface area contributed by atoms with Crippen molar-refractivity contribution < 1.29 is 32.0 Å². The molecule has 0 N–H and O–H groups in total. The Labute approximate surface area is 376 Å². The van der Waals surface area contributed by atoms with E-state index in [1.807, 2.05) is 13.0 Å². The Bertz CT molecular complexity index is 1220. The minimum absolute atomic E-state index is 0.0539. The number of unbranched alkanes of at least 4 members (excludes halogenated alkanes) is 11. The van der Waals surface area contributed by atoms with Crippen LogP contribution in [0.3, 0.4) is 0 Å². The first-order chi connectivity index (χ1) is 28.0. The quantitative estimate of drug-likeness (QED) is 0.0271. The Hall–Kier alpha value is -0.382. The van der Waals surface area contributed by atoms with E-state index in [1.165, 1.54) is 70.6 Å².